The summed E-state index contributed by atoms with van der Waals surface area (Å²) >= 11 is 0. The summed E-state index contributed by atoms with van der Waals surface area (Å²) in [6.07, 6.45) is -0.671. The van der Waals surface area contributed by atoms with Crippen LogP contribution in [0.1, 0.15) is 13.3 Å². The molecule has 0 aromatic heterocycles. The molecule has 2 N–H and O–H groups in total. The van der Waals surface area contributed by atoms with Crippen molar-refractivity contribution in [2.24, 2.45) is 0 Å². The smallest absolute Gasteiger partial charge is 0.337 e. The van der Waals surface area contributed by atoms with Crippen LogP contribution in [0.5, 0.6) is 0 Å². The lowest BCUT2D eigenvalue weighted by molar-refractivity contribution is -0.155. The van der Waals surface area contributed by atoms with Crippen molar-refractivity contribution in [2.75, 3.05) is 13.2 Å². The Labute approximate surface area is 59.4 Å². The van der Waals surface area contributed by atoms with Gasteiger partial charge in [-0.1, -0.05) is 6.92 Å². The maximum Gasteiger partial charge on any atom is 0.337 e. The second kappa shape index (κ2) is 5.20. The van der Waals surface area contributed by atoms with Gasteiger partial charge in [-0.05, 0) is 6.42 Å². The van der Waals surface area contributed by atoms with E-state index in [-0.39, 0.29) is 6.61 Å². The number of ether oxygens (including phenoxy) is 1. The quantitative estimate of drug-likeness (QED) is 0.517. The third kappa shape index (κ3) is 3.42. The first-order chi connectivity index (χ1) is 4.72. The zero-order chi connectivity index (χ0) is 7.98. The molecule has 0 bridgehead atoms. The number of rotatable bonds is 4. The summed E-state index contributed by atoms with van der Waals surface area (Å²) in [5, 5.41) is 16.9. The van der Waals surface area contributed by atoms with Crippen LogP contribution in [0.4, 0.5) is 0 Å². The van der Waals surface area contributed by atoms with Gasteiger partial charge >= 0.3 is 5.97 Å². The van der Waals surface area contributed by atoms with E-state index in [0.717, 1.165) is 0 Å². The normalized spacial score (nSPS) is 12.7. The molecule has 0 aromatic carbocycles. The van der Waals surface area contributed by atoms with Gasteiger partial charge in [0.25, 0.3) is 0 Å². The number of hydrogen-bond acceptors (Lipinski definition) is 4. The van der Waals surface area contributed by atoms with E-state index >= 15 is 0 Å². The fourth-order valence-corrected chi connectivity index (χ4v) is 0.373. The van der Waals surface area contributed by atoms with Crippen LogP contribution in [0, 0.1) is 0 Å². The molecule has 0 fully saturated rings. The predicted molar refractivity (Wildman–Crippen MR) is 34.3 cm³/mol. The number of esters is 1. The van der Waals surface area contributed by atoms with E-state index in [1.54, 1.807) is 0 Å². The third-order valence-corrected chi connectivity index (χ3v) is 0.893. The monoisotopic (exact) mass is 148 g/mol. The second-order valence-corrected chi connectivity index (χ2v) is 1.87. The minimum Gasteiger partial charge on any atom is -0.464 e. The topological polar surface area (TPSA) is 66.8 Å². The number of hydrogen-bond donors (Lipinski definition) is 2. The Morgan fingerprint density at radius 3 is 2.70 bits per heavy atom. The molecule has 0 radical (unpaired) electrons. The van der Waals surface area contributed by atoms with Crippen LogP contribution < -0.4 is 0 Å². The third-order valence-electron chi connectivity index (χ3n) is 0.893. The first-order valence-electron chi connectivity index (χ1n) is 3.18. The van der Waals surface area contributed by atoms with Crippen molar-refractivity contribution in [3.05, 3.63) is 0 Å². The van der Waals surface area contributed by atoms with Crippen molar-refractivity contribution in [2.45, 2.75) is 19.4 Å². The Morgan fingerprint density at radius 1 is 1.70 bits per heavy atom. The maximum absolute atomic E-state index is 10.5. The molecule has 60 valence electrons. The molecule has 0 spiro atoms. The van der Waals surface area contributed by atoms with Gasteiger partial charge in [-0.2, -0.15) is 0 Å². The van der Waals surface area contributed by atoms with Crippen LogP contribution in [0.3, 0.4) is 0 Å². The first kappa shape index (κ1) is 9.39. The fraction of sp³-hybridized carbons (Fsp3) is 0.833. The molecule has 0 aliphatic carbocycles. The Kier molecular flexibility index (Phi) is 4.88. The summed E-state index contributed by atoms with van der Waals surface area (Å²) < 4.78 is 4.49. The summed E-state index contributed by atoms with van der Waals surface area (Å²) in [7, 11) is 0. The summed E-state index contributed by atoms with van der Waals surface area (Å²) in [5.74, 6) is -0.760. The second-order valence-electron chi connectivity index (χ2n) is 1.87. The molecule has 0 saturated heterocycles. The zero-order valence-electron chi connectivity index (χ0n) is 5.91. The molecule has 0 aliphatic rings. The van der Waals surface area contributed by atoms with Gasteiger partial charge in [0.15, 0.2) is 6.10 Å². The van der Waals surface area contributed by atoms with Gasteiger partial charge in [0.1, 0.15) is 0 Å². The van der Waals surface area contributed by atoms with E-state index in [9.17, 15) is 4.79 Å². The largest absolute Gasteiger partial charge is 0.464 e. The molecule has 4 heteroatoms. The van der Waals surface area contributed by atoms with Crippen molar-refractivity contribution in [1.82, 2.24) is 0 Å². The average Bonchev–Trinajstić information content (AvgIpc) is 1.98. The van der Waals surface area contributed by atoms with Crippen LogP contribution in [-0.4, -0.2) is 35.5 Å². The van der Waals surface area contributed by atoms with Crippen molar-refractivity contribution in [1.29, 1.82) is 0 Å². The predicted octanol–water partition coefficient (Wildman–Crippen LogP) is -0.707. The van der Waals surface area contributed by atoms with E-state index < -0.39 is 18.7 Å². The van der Waals surface area contributed by atoms with E-state index in [4.69, 9.17) is 10.2 Å². The van der Waals surface area contributed by atoms with E-state index in [1.807, 2.05) is 6.92 Å². The zero-order valence-corrected chi connectivity index (χ0v) is 5.91. The minimum absolute atomic E-state index is 0.288. The Morgan fingerprint density at radius 2 is 2.30 bits per heavy atom. The van der Waals surface area contributed by atoms with Crippen LogP contribution in [0.2, 0.25) is 0 Å². The summed E-state index contributed by atoms with van der Waals surface area (Å²) in [6.45, 7) is 1.55. The number of aliphatic hydroxyl groups is 2. The molecular weight excluding hydrogens is 136 g/mol. The summed E-state index contributed by atoms with van der Waals surface area (Å²) in [6, 6.07) is 0. The molecule has 0 aliphatic heterocycles. The van der Waals surface area contributed by atoms with Crippen molar-refractivity contribution in [3.63, 3.8) is 0 Å². The highest BCUT2D eigenvalue weighted by molar-refractivity contribution is 5.74. The lowest BCUT2D eigenvalue weighted by Gasteiger charge is -2.05. The van der Waals surface area contributed by atoms with E-state index in [1.165, 1.54) is 0 Å². The molecule has 0 amide bonds. The van der Waals surface area contributed by atoms with Crippen molar-refractivity contribution in [3.8, 4) is 0 Å². The van der Waals surface area contributed by atoms with E-state index in [2.05, 4.69) is 4.74 Å². The molecule has 0 rings (SSSR count). The van der Waals surface area contributed by atoms with Crippen LogP contribution in [0.25, 0.3) is 0 Å². The van der Waals surface area contributed by atoms with E-state index in [0.29, 0.717) is 6.42 Å². The first-order valence-corrected chi connectivity index (χ1v) is 3.18. The Balaban J connectivity index is 3.42. The van der Waals surface area contributed by atoms with Gasteiger partial charge in [-0.25, -0.2) is 4.79 Å². The molecule has 0 aromatic rings. The maximum atomic E-state index is 10.5. The standard InChI is InChI=1S/C6H12O4/c1-2-3-10-6(9)5(8)4-7/h5,7-8H,2-4H2,1H3/t5-/m0/s1. The van der Waals surface area contributed by atoms with Gasteiger partial charge in [-0.15, -0.1) is 0 Å². The number of carbonyl (C=O) groups is 1. The highest BCUT2D eigenvalue weighted by Crippen LogP contribution is 1.88. The highest BCUT2D eigenvalue weighted by Gasteiger charge is 2.13. The lowest BCUT2D eigenvalue weighted by Crippen LogP contribution is -2.26. The number of carbonyl (C=O) groups excluding carboxylic acids is 1. The lowest BCUT2D eigenvalue weighted by atomic mass is 10.4. The van der Waals surface area contributed by atoms with Crippen molar-refractivity contribution >= 4 is 5.97 Å². The van der Waals surface area contributed by atoms with Crippen LogP contribution in [-0.2, 0) is 9.53 Å². The van der Waals surface area contributed by atoms with Gasteiger partial charge in [0, 0.05) is 0 Å². The van der Waals surface area contributed by atoms with Crippen LogP contribution in [0.15, 0.2) is 0 Å². The molecule has 0 saturated carbocycles. The number of aliphatic hydroxyl groups excluding tert-OH is 2. The van der Waals surface area contributed by atoms with Gasteiger partial charge in [0.05, 0.1) is 13.2 Å². The summed E-state index contributed by atoms with van der Waals surface area (Å²) in [5.41, 5.74) is 0. The molecular formula is C6H12O4. The summed E-state index contributed by atoms with van der Waals surface area (Å²) in [4.78, 5) is 10.5. The highest BCUT2D eigenvalue weighted by atomic mass is 16.5. The van der Waals surface area contributed by atoms with Gasteiger partial charge < -0.3 is 14.9 Å². The Hall–Kier alpha value is -0.610. The molecule has 4 nitrogen and oxygen atoms in total. The minimum atomic E-state index is -1.38. The fourth-order valence-electron chi connectivity index (χ4n) is 0.373. The van der Waals surface area contributed by atoms with Crippen molar-refractivity contribution < 1.29 is 19.7 Å². The SMILES string of the molecule is CCCOC(=O)[C@@H](O)CO. The van der Waals surface area contributed by atoms with Crippen LogP contribution >= 0.6 is 0 Å². The van der Waals surface area contributed by atoms with Gasteiger partial charge in [-0.3, -0.25) is 0 Å². The Bertz CT molecular complexity index is 102. The molecule has 1 atom stereocenters. The molecule has 0 unspecified atom stereocenters. The molecule has 0 heterocycles. The van der Waals surface area contributed by atoms with Gasteiger partial charge in [0.2, 0.25) is 0 Å². The molecule has 10 heavy (non-hydrogen) atoms. The average molecular weight is 148 g/mol.